The molecule has 1 amide bonds. The third-order valence-corrected chi connectivity index (χ3v) is 3.79. The fourth-order valence-corrected chi connectivity index (χ4v) is 2.60. The van der Waals surface area contributed by atoms with E-state index in [1.54, 1.807) is 32.9 Å². The van der Waals surface area contributed by atoms with Crippen LogP contribution in [0.2, 0.25) is 0 Å². The van der Waals surface area contributed by atoms with Gasteiger partial charge in [-0.15, -0.1) is 0 Å². The number of hydrogen-bond acceptors (Lipinski definition) is 5. The van der Waals surface area contributed by atoms with E-state index in [0.717, 1.165) is 0 Å². The van der Waals surface area contributed by atoms with Crippen LogP contribution in [0.4, 0.5) is 0 Å². The third kappa shape index (κ3) is 3.86. The predicted octanol–water partition coefficient (Wildman–Crippen LogP) is 2.14. The van der Waals surface area contributed by atoms with Crippen molar-refractivity contribution in [3.05, 3.63) is 46.7 Å². The van der Waals surface area contributed by atoms with E-state index in [4.69, 9.17) is 9.15 Å². The minimum absolute atomic E-state index is 0.223. The van der Waals surface area contributed by atoms with Crippen LogP contribution in [0.25, 0.3) is 0 Å². The van der Waals surface area contributed by atoms with Crippen molar-refractivity contribution in [3.8, 4) is 0 Å². The van der Waals surface area contributed by atoms with Gasteiger partial charge in [0.15, 0.2) is 6.10 Å². The maximum absolute atomic E-state index is 12.3. The van der Waals surface area contributed by atoms with Gasteiger partial charge in [0.1, 0.15) is 11.5 Å². The Morgan fingerprint density at radius 3 is 2.62 bits per heavy atom. The monoisotopic (exact) mass is 334 g/mol. The molecule has 2 rings (SSSR count). The van der Waals surface area contributed by atoms with Gasteiger partial charge in [-0.3, -0.25) is 4.79 Å². The molecular formula is C17H22N2O5. The third-order valence-electron chi connectivity index (χ3n) is 3.79. The largest absolute Gasteiger partial charge is 0.467 e. The molecule has 2 aromatic heterocycles. The Labute approximate surface area is 140 Å². The molecule has 0 bridgehead atoms. The van der Waals surface area contributed by atoms with E-state index in [9.17, 15) is 14.7 Å². The molecule has 0 aliphatic heterocycles. The van der Waals surface area contributed by atoms with Crippen molar-refractivity contribution >= 4 is 11.9 Å². The fraction of sp³-hybridized carbons (Fsp3) is 0.412. The number of carbonyl (C=O) groups is 2. The zero-order chi connectivity index (χ0) is 17.9. The number of esters is 1. The summed E-state index contributed by atoms with van der Waals surface area (Å²) in [4.78, 5) is 27.2. The molecule has 0 aromatic carbocycles. The molecule has 0 fully saturated rings. The van der Waals surface area contributed by atoms with Gasteiger partial charge in [0.05, 0.1) is 18.9 Å². The number of aliphatic hydroxyl groups excluding tert-OH is 1. The number of ether oxygens (including phenoxy) is 1. The van der Waals surface area contributed by atoms with Gasteiger partial charge < -0.3 is 24.6 Å². The Bertz CT molecular complexity index is 716. The Balaban J connectivity index is 1.98. The van der Waals surface area contributed by atoms with Crippen molar-refractivity contribution in [2.75, 3.05) is 0 Å². The van der Waals surface area contributed by atoms with Crippen molar-refractivity contribution in [1.82, 2.24) is 10.3 Å². The van der Waals surface area contributed by atoms with E-state index in [2.05, 4.69) is 10.3 Å². The Hall–Kier alpha value is -2.54. The van der Waals surface area contributed by atoms with Crippen LogP contribution in [0.5, 0.6) is 0 Å². The second-order valence-corrected chi connectivity index (χ2v) is 5.68. The quantitative estimate of drug-likeness (QED) is 0.702. The summed E-state index contributed by atoms with van der Waals surface area (Å²) < 4.78 is 10.3. The summed E-state index contributed by atoms with van der Waals surface area (Å²) in [5.74, 6) is -0.445. The van der Waals surface area contributed by atoms with E-state index < -0.39 is 24.1 Å². The number of furan rings is 1. The van der Waals surface area contributed by atoms with E-state index in [-0.39, 0.29) is 12.2 Å². The van der Waals surface area contributed by atoms with Crippen LogP contribution in [-0.4, -0.2) is 28.1 Å². The molecule has 2 aromatic rings. The van der Waals surface area contributed by atoms with Crippen LogP contribution < -0.4 is 5.32 Å². The zero-order valence-electron chi connectivity index (χ0n) is 14.2. The standard InChI is InChI=1S/C17H22N2O5/c1-9-14(11(3)20)10(2)19-15(9)17(22)24-12(4)16(21)18-8-13-6-5-7-23-13/h5-7,11-12,19-20H,8H2,1-4H3,(H,18,21)/t11-,12-/m1/s1. The zero-order valence-corrected chi connectivity index (χ0v) is 14.2. The lowest BCUT2D eigenvalue weighted by Gasteiger charge is -2.13. The van der Waals surface area contributed by atoms with Crippen LogP contribution in [0.3, 0.4) is 0 Å². The smallest absolute Gasteiger partial charge is 0.355 e. The molecule has 2 heterocycles. The van der Waals surface area contributed by atoms with E-state index in [0.29, 0.717) is 22.6 Å². The first-order valence-corrected chi connectivity index (χ1v) is 7.69. The highest BCUT2D eigenvalue weighted by Crippen LogP contribution is 2.25. The van der Waals surface area contributed by atoms with Crippen LogP contribution >= 0.6 is 0 Å². The molecule has 24 heavy (non-hydrogen) atoms. The predicted molar refractivity (Wildman–Crippen MR) is 86.3 cm³/mol. The van der Waals surface area contributed by atoms with Crippen molar-refractivity contribution in [3.63, 3.8) is 0 Å². The maximum Gasteiger partial charge on any atom is 0.355 e. The van der Waals surface area contributed by atoms with Crippen LogP contribution in [0, 0.1) is 13.8 Å². The summed E-state index contributed by atoms with van der Waals surface area (Å²) in [6.45, 7) is 6.84. The molecular weight excluding hydrogens is 312 g/mol. The van der Waals surface area contributed by atoms with Gasteiger partial charge in [0.2, 0.25) is 0 Å². The molecule has 0 aliphatic carbocycles. The van der Waals surface area contributed by atoms with E-state index >= 15 is 0 Å². The van der Waals surface area contributed by atoms with Crippen molar-refractivity contribution < 1.29 is 23.8 Å². The molecule has 0 aliphatic rings. The van der Waals surface area contributed by atoms with E-state index in [1.165, 1.54) is 13.2 Å². The summed E-state index contributed by atoms with van der Waals surface area (Å²) in [5.41, 5.74) is 2.23. The first-order valence-electron chi connectivity index (χ1n) is 7.69. The van der Waals surface area contributed by atoms with Gasteiger partial charge >= 0.3 is 5.97 Å². The Kier molecular flexibility index (Phi) is 5.46. The average molecular weight is 334 g/mol. The number of aromatic nitrogens is 1. The number of rotatable bonds is 6. The molecule has 2 atom stereocenters. The highest BCUT2D eigenvalue weighted by atomic mass is 16.5. The maximum atomic E-state index is 12.3. The number of hydrogen-bond donors (Lipinski definition) is 3. The van der Waals surface area contributed by atoms with E-state index in [1.807, 2.05) is 0 Å². The summed E-state index contributed by atoms with van der Waals surface area (Å²) in [7, 11) is 0. The average Bonchev–Trinajstić information content (AvgIpc) is 3.12. The highest BCUT2D eigenvalue weighted by Gasteiger charge is 2.24. The van der Waals surface area contributed by atoms with Crippen LogP contribution in [0.15, 0.2) is 22.8 Å². The number of H-pyrrole nitrogens is 1. The summed E-state index contributed by atoms with van der Waals surface area (Å²) in [6, 6.07) is 3.46. The molecule has 0 saturated carbocycles. The lowest BCUT2D eigenvalue weighted by Crippen LogP contribution is -2.35. The molecule has 0 spiro atoms. The van der Waals surface area contributed by atoms with Crippen LogP contribution in [0.1, 0.15) is 53.0 Å². The first kappa shape index (κ1) is 17.8. The summed E-state index contributed by atoms with van der Waals surface area (Å²) in [6.07, 6.45) is -0.136. The normalized spacial score (nSPS) is 13.4. The topological polar surface area (TPSA) is 105 Å². The molecule has 130 valence electrons. The number of aromatic amines is 1. The van der Waals surface area contributed by atoms with Gasteiger partial charge in [0, 0.05) is 11.3 Å². The number of amides is 1. The summed E-state index contributed by atoms with van der Waals surface area (Å²) in [5, 5.41) is 12.4. The molecule has 7 nitrogen and oxygen atoms in total. The molecule has 7 heteroatoms. The highest BCUT2D eigenvalue weighted by molar-refractivity contribution is 5.92. The van der Waals surface area contributed by atoms with Gasteiger partial charge in [-0.25, -0.2) is 4.79 Å². The Morgan fingerprint density at radius 2 is 2.08 bits per heavy atom. The van der Waals surface area contributed by atoms with Crippen molar-refractivity contribution in [2.45, 2.75) is 46.4 Å². The Morgan fingerprint density at radius 1 is 1.38 bits per heavy atom. The second-order valence-electron chi connectivity index (χ2n) is 5.68. The summed E-state index contributed by atoms with van der Waals surface area (Å²) >= 11 is 0. The first-order chi connectivity index (χ1) is 11.3. The fourth-order valence-electron chi connectivity index (χ4n) is 2.60. The van der Waals surface area contributed by atoms with Gasteiger partial charge in [-0.2, -0.15) is 0 Å². The number of aliphatic hydroxyl groups is 1. The van der Waals surface area contributed by atoms with Gasteiger partial charge in [-0.1, -0.05) is 0 Å². The van der Waals surface area contributed by atoms with Gasteiger partial charge in [-0.05, 0) is 45.4 Å². The molecule has 0 radical (unpaired) electrons. The number of carbonyl (C=O) groups excluding carboxylic acids is 2. The lowest BCUT2D eigenvalue weighted by molar-refractivity contribution is -0.129. The molecule has 0 saturated heterocycles. The minimum Gasteiger partial charge on any atom is -0.467 e. The van der Waals surface area contributed by atoms with Crippen LogP contribution in [-0.2, 0) is 16.1 Å². The lowest BCUT2D eigenvalue weighted by atomic mass is 10.1. The number of nitrogens with one attached hydrogen (secondary N) is 2. The SMILES string of the molecule is Cc1[nH]c(C(=O)O[C@H](C)C(=O)NCc2ccco2)c(C)c1[C@@H](C)O. The minimum atomic E-state index is -0.953. The number of aryl methyl sites for hydroxylation is 1. The molecule has 0 unspecified atom stereocenters. The van der Waals surface area contributed by atoms with Crippen molar-refractivity contribution in [1.29, 1.82) is 0 Å². The van der Waals surface area contributed by atoms with Crippen molar-refractivity contribution in [2.24, 2.45) is 0 Å². The second kappa shape index (κ2) is 7.35. The molecule has 3 N–H and O–H groups in total. The van der Waals surface area contributed by atoms with Gasteiger partial charge in [0.25, 0.3) is 5.91 Å².